The third-order valence-corrected chi connectivity index (χ3v) is 5.98. The molecular formula is C21H42O2. The molecule has 2 N–H and O–H groups in total. The summed E-state index contributed by atoms with van der Waals surface area (Å²) in [5.74, 6) is 2.18. The predicted molar refractivity (Wildman–Crippen MR) is 99.6 cm³/mol. The highest BCUT2D eigenvalue weighted by Gasteiger charge is 2.31. The molecule has 138 valence electrons. The van der Waals surface area contributed by atoms with Crippen LogP contribution in [0.25, 0.3) is 0 Å². The second-order valence-electron chi connectivity index (χ2n) is 7.78. The summed E-state index contributed by atoms with van der Waals surface area (Å²) in [6.07, 6.45) is 19.7. The lowest BCUT2D eigenvalue weighted by atomic mass is 9.69. The molecule has 2 nitrogen and oxygen atoms in total. The summed E-state index contributed by atoms with van der Waals surface area (Å²) >= 11 is 0. The third kappa shape index (κ3) is 9.10. The van der Waals surface area contributed by atoms with E-state index in [2.05, 4.69) is 6.92 Å². The van der Waals surface area contributed by atoms with Crippen LogP contribution in [-0.2, 0) is 0 Å². The van der Waals surface area contributed by atoms with Gasteiger partial charge in [-0.3, -0.25) is 0 Å². The molecule has 0 aromatic rings. The molecule has 0 spiro atoms. The van der Waals surface area contributed by atoms with E-state index in [0.29, 0.717) is 19.1 Å². The minimum absolute atomic E-state index is 0.354. The van der Waals surface area contributed by atoms with E-state index in [9.17, 15) is 5.11 Å². The molecule has 1 aliphatic carbocycles. The molecule has 0 heterocycles. The topological polar surface area (TPSA) is 40.5 Å². The van der Waals surface area contributed by atoms with Gasteiger partial charge in [0.15, 0.2) is 0 Å². The van der Waals surface area contributed by atoms with E-state index in [1.807, 2.05) is 0 Å². The molecule has 0 aromatic heterocycles. The normalized spacial score (nSPS) is 24.9. The lowest BCUT2D eigenvalue weighted by Gasteiger charge is -2.37. The van der Waals surface area contributed by atoms with Gasteiger partial charge in [0.25, 0.3) is 0 Å². The Labute approximate surface area is 145 Å². The average molecular weight is 327 g/mol. The van der Waals surface area contributed by atoms with Crippen LogP contribution in [0.3, 0.4) is 0 Å². The molecule has 1 rings (SSSR count). The quantitative estimate of drug-likeness (QED) is 0.402. The van der Waals surface area contributed by atoms with Gasteiger partial charge in [-0.05, 0) is 24.2 Å². The first kappa shape index (κ1) is 21.0. The first-order valence-electron chi connectivity index (χ1n) is 10.5. The fourth-order valence-corrected chi connectivity index (χ4v) is 4.52. The standard InChI is InChI=1S/C21H42O2/c1-2-3-13-19-15-12-16-20(21(19)18-23)14-10-8-6-4-5-7-9-11-17-22/h19-23H,2-18H2,1H3. The Hall–Kier alpha value is -0.0800. The first-order chi connectivity index (χ1) is 11.3. The Morgan fingerprint density at radius 2 is 1.22 bits per heavy atom. The predicted octanol–water partition coefficient (Wildman–Crippen LogP) is 5.70. The Kier molecular flexibility index (Phi) is 13.0. The van der Waals surface area contributed by atoms with E-state index in [-0.39, 0.29) is 0 Å². The van der Waals surface area contributed by atoms with Crippen LogP contribution in [0.1, 0.15) is 103 Å². The van der Waals surface area contributed by atoms with Crippen LogP contribution in [0.5, 0.6) is 0 Å². The number of hydrogen-bond donors (Lipinski definition) is 2. The van der Waals surface area contributed by atoms with E-state index >= 15 is 0 Å². The number of unbranched alkanes of at least 4 members (excludes halogenated alkanes) is 8. The van der Waals surface area contributed by atoms with Gasteiger partial charge in [0.2, 0.25) is 0 Å². The van der Waals surface area contributed by atoms with Gasteiger partial charge in [0.05, 0.1) is 0 Å². The highest BCUT2D eigenvalue weighted by molar-refractivity contribution is 4.82. The van der Waals surface area contributed by atoms with Gasteiger partial charge in [-0.1, -0.05) is 96.8 Å². The lowest BCUT2D eigenvalue weighted by molar-refractivity contribution is 0.0684. The van der Waals surface area contributed by atoms with E-state index in [4.69, 9.17) is 5.11 Å². The SMILES string of the molecule is CCCCC1CCCC(CCCCCCCCCCO)C1CO. The number of aliphatic hydroxyl groups is 2. The van der Waals surface area contributed by atoms with Crippen LogP contribution in [0.4, 0.5) is 0 Å². The Balaban J connectivity index is 2.10. The molecule has 0 amide bonds. The average Bonchev–Trinajstić information content (AvgIpc) is 2.58. The van der Waals surface area contributed by atoms with Crippen LogP contribution in [0.2, 0.25) is 0 Å². The zero-order valence-corrected chi connectivity index (χ0v) is 15.6. The minimum atomic E-state index is 0.354. The van der Waals surface area contributed by atoms with Crippen molar-refractivity contribution < 1.29 is 10.2 Å². The molecule has 3 unspecified atom stereocenters. The fourth-order valence-electron chi connectivity index (χ4n) is 4.52. The molecule has 23 heavy (non-hydrogen) atoms. The second kappa shape index (κ2) is 14.3. The maximum atomic E-state index is 9.86. The van der Waals surface area contributed by atoms with Crippen LogP contribution in [-0.4, -0.2) is 23.4 Å². The monoisotopic (exact) mass is 326 g/mol. The van der Waals surface area contributed by atoms with Gasteiger partial charge in [-0.2, -0.15) is 0 Å². The van der Waals surface area contributed by atoms with Crippen molar-refractivity contribution in [2.45, 2.75) is 103 Å². The molecule has 0 saturated heterocycles. The van der Waals surface area contributed by atoms with E-state index in [1.165, 1.54) is 89.9 Å². The van der Waals surface area contributed by atoms with Gasteiger partial charge in [-0.15, -0.1) is 0 Å². The summed E-state index contributed by atoms with van der Waals surface area (Å²) in [7, 11) is 0. The first-order valence-corrected chi connectivity index (χ1v) is 10.5. The molecule has 1 saturated carbocycles. The van der Waals surface area contributed by atoms with Gasteiger partial charge < -0.3 is 10.2 Å². The summed E-state index contributed by atoms with van der Waals surface area (Å²) in [5.41, 5.74) is 0. The van der Waals surface area contributed by atoms with Crippen LogP contribution in [0, 0.1) is 17.8 Å². The Morgan fingerprint density at radius 3 is 1.74 bits per heavy atom. The van der Waals surface area contributed by atoms with Crippen LogP contribution < -0.4 is 0 Å². The van der Waals surface area contributed by atoms with E-state index in [0.717, 1.165) is 18.3 Å². The molecule has 0 aliphatic heterocycles. The zero-order valence-electron chi connectivity index (χ0n) is 15.6. The highest BCUT2D eigenvalue weighted by Crippen LogP contribution is 2.40. The number of rotatable bonds is 14. The molecule has 2 heteroatoms. The van der Waals surface area contributed by atoms with Crippen molar-refractivity contribution in [2.75, 3.05) is 13.2 Å². The smallest absolute Gasteiger partial charge is 0.0464 e. The van der Waals surface area contributed by atoms with Crippen molar-refractivity contribution in [3.05, 3.63) is 0 Å². The number of aliphatic hydroxyl groups excluding tert-OH is 2. The highest BCUT2D eigenvalue weighted by atomic mass is 16.3. The summed E-state index contributed by atoms with van der Waals surface area (Å²) in [6, 6.07) is 0. The zero-order chi connectivity index (χ0) is 16.8. The van der Waals surface area contributed by atoms with Gasteiger partial charge in [0, 0.05) is 13.2 Å². The molecule has 1 fully saturated rings. The fraction of sp³-hybridized carbons (Fsp3) is 1.00. The van der Waals surface area contributed by atoms with Gasteiger partial charge >= 0.3 is 0 Å². The van der Waals surface area contributed by atoms with Crippen LogP contribution in [0.15, 0.2) is 0 Å². The maximum Gasteiger partial charge on any atom is 0.0464 e. The van der Waals surface area contributed by atoms with E-state index < -0.39 is 0 Å². The minimum Gasteiger partial charge on any atom is -0.396 e. The van der Waals surface area contributed by atoms with Crippen molar-refractivity contribution in [1.82, 2.24) is 0 Å². The summed E-state index contributed by atoms with van der Waals surface area (Å²) in [5, 5.41) is 18.6. The summed E-state index contributed by atoms with van der Waals surface area (Å²) in [4.78, 5) is 0. The van der Waals surface area contributed by atoms with Crippen molar-refractivity contribution in [3.8, 4) is 0 Å². The molecule has 0 radical (unpaired) electrons. The van der Waals surface area contributed by atoms with E-state index in [1.54, 1.807) is 0 Å². The largest absolute Gasteiger partial charge is 0.396 e. The second-order valence-corrected chi connectivity index (χ2v) is 7.78. The molecular weight excluding hydrogens is 284 g/mol. The maximum absolute atomic E-state index is 9.86. The summed E-state index contributed by atoms with van der Waals surface area (Å²) < 4.78 is 0. The molecule has 1 aliphatic rings. The number of hydrogen-bond acceptors (Lipinski definition) is 2. The van der Waals surface area contributed by atoms with Gasteiger partial charge in [0.1, 0.15) is 0 Å². The Bertz CT molecular complexity index is 254. The lowest BCUT2D eigenvalue weighted by Crippen LogP contribution is -2.31. The summed E-state index contributed by atoms with van der Waals surface area (Å²) in [6.45, 7) is 3.05. The van der Waals surface area contributed by atoms with Crippen LogP contribution >= 0.6 is 0 Å². The van der Waals surface area contributed by atoms with Gasteiger partial charge in [-0.25, -0.2) is 0 Å². The van der Waals surface area contributed by atoms with Crippen molar-refractivity contribution in [3.63, 3.8) is 0 Å². The van der Waals surface area contributed by atoms with Crippen molar-refractivity contribution >= 4 is 0 Å². The molecule has 0 aromatic carbocycles. The van der Waals surface area contributed by atoms with Crippen molar-refractivity contribution in [1.29, 1.82) is 0 Å². The third-order valence-electron chi connectivity index (χ3n) is 5.98. The Morgan fingerprint density at radius 1 is 0.696 bits per heavy atom. The molecule has 0 bridgehead atoms. The molecule has 3 atom stereocenters. The van der Waals surface area contributed by atoms with Crippen molar-refractivity contribution in [2.24, 2.45) is 17.8 Å².